The zero-order chi connectivity index (χ0) is 8.10. The van der Waals surface area contributed by atoms with E-state index >= 15 is 0 Å². The molecule has 1 aromatic rings. The summed E-state index contributed by atoms with van der Waals surface area (Å²) in [5.74, 6) is 0.453. The first-order valence-electron chi connectivity index (χ1n) is 3.03. The minimum Gasteiger partial charge on any atom is -0.474 e. The molecular formula is C6H7BrN2O2. The summed E-state index contributed by atoms with van der Waals surface area (Å²) in [7, 11) is 0. The molecule has 0 aromatic carbocycles. The van der Waals surface area contributed by atoms with Crippen LogP contribution in [0.5, 0.6) is 5.88 Å². The van der Waals surface area contributed by atoms with Crippen LogP contribution in [0, 0.1) is 0 Å². The van der Waals surface area contributed by atoms with E-state index in [1.165, 1.54) is 6.33 Å². The Morgan fingerprint density at radius 1 is 1.64 bits per heavy atom. The van der Waals surface area contributed by atoms with Crippen LogP contribution in [0.2, 0.25) is 0 Å². The van der Waals surface area contributed by atoms with Gasteiger partial charge in [0.25, 0.3) is 0 Å². The number of hydrogen-bond acceptors (Lipinski definition) is 4. The molecule has 0 spiro atoms. The summed E-state index contributed by atoms with van der Waals surface area (Å²) in [5.41, 5.74) is 0. The minimum atomic E-state index is -0.0174. The quantitative estimate of drug-likeness (QED) is 0.809. The van der Waals surface area contributed by atoms with Crippen LogP contribution in [0.1, 0.15) is 0 Å². The van der Waals surface area contributed by atoms with Crippen molar-refractivity contribution >= 4 is 15.9 Å². The molecule has 60 valence electrons. The molecule has 5 heteroatoms. The third kappa shape index (κ3) is 2.44. The molecule has 1 aromatic heterocycles. The number of nitrogens with zero attached hydrogens (tertiary/aromatic N) is 2. The number of hydrogen-bond donors (Lipinski definition) is 1. The largest absolute Gasteiger partial charge is 0.474 e. The molecule has 1 N–H and O–H groups in total. The fourth-order valence-electron chi connectivity index (χ4n) is 0.550. The fraction of sp³-hybridized carbons (Fsp3) is 0.333. The summed E-state index contributed by atoms with van der Waals surface area (Å²) in [5, 5.41) is 8.43. The van der Waals surface area contributed by atoms with Gasteiger partial charge in [-0.05, 0) is 15.9 Å². The number of aromatic nitrogens is 2. The molecular weight excluding hydrogens is 212 g/mol. The van der Waals surface area contributed by atoms with Gasteiger partial charge in [0.1, 0.15) is 12.9 Å². The Hall–Kier alpha value is -0.680. The molecule has 0 saturated carbocycles. The normalized spacial score (nSPS) is 9.64. The van der Waals surface area contributed by atoms with Crippen molar-refractivity contribution in [3.8, 4) is 5.88 Å². The molecule has 0 aliphatic carbocycles. The number of aliphatic hydroxyl groups excluding tert-OH is 1. The Balaban J connectivity index is 2.62. The van der Waals surface area contributed by atoms with Crippen molar-refractivity contribution in [3.05, 3.63) is 17.0 Å². The molecule has 0 radical (unpaired) electrons. The van der Waals surface area contributed by atoms with Gasteiger partial charge in [-0.25, -0.2) is 9.97 Å². The van der Waals surface area contributed by atoms with Gasteiger partial charge in [0, 0.05) is 6.20 Å². The van der Waals surface area contributed by atoms with Crippen molar-refractivity contribution in [2.24, 2.45) is 0 Å². The molecule has 0 aliphatic rings. The third-order valence-corrected chi connectivity index (χ3v) is 1.51. The summed E-state index contributed by atoms with van der Waals surface area (Å²) >= 11 is 3.19. The lowest BCUT2D eigenvalue weighted by Crippen LogP contribution is -2.03. The lowest BCUT2D eigenvalue weighted by molar-refractivity contribution is 0.195. The average molecular weight is 219 g/mol. The van der Waals surface area contributed by atoms with Gasteiger partial charge in [-0.3, -0.25) is 0 Å². The van der Waals surface area contributed by atoms with Crippen molar-refractivity contribution in [1.29, 1.82) is 0 Å². The van der Waals surface area contributed by atoms with Crippen LogP contribution in [0.4, 0.5) is 0 Å². The Bertz CT molecular complexity index is 232. The zero-order valence-corrected chi connectivity index (χ0v) is 7.28. The second kappa shape index (κ2) is 4.25. The third-order valence-electron chi connectivity index (χ3n) is 0.964. The van der Waals surface area contributed by atoms with E-state index in [0.29, 0.717) is 10.4 Å². The van der Waals surface area contributed by atoms with Gasteiger partial charge >= 0.3 is 0 Å². The van der Waals surface area contributed by atoms with Gasteiger partial charge in [-0.1, -0.05) is 0 Å². The first-order valence-corrected chi connectivity index (χ1v) is 3.83. The summed E-state index contributed by atoms with van der Waals surface area (Å²) in [6.07, 6.45) is 2.97. The Morgan fingerprint density at radius 2 is 2.45 bits per heavy atom. The minimum absolute atomic E-state index is 0.0174. The molecule has 0 saturated heterocycles. The van der Waals surface area contributed by atoms with E-state index in [4.69, 9.17) is 9.84 Å². The van der Waals surface area contributed by atoms with Crippen LogP contribution < -0.4 is 4.74 Å². The molecule has 11 heavy (non-hydrogen) atoms. The summed E-state index contributed by atoms with van der Waals surface area (Å²) in [6.45, 7) is 0.228. The average Bonchev–Trinajstić information content (AvgIpc) is 2.03. The molecule has 0 amide bonds. The van der Waals surface area contributed by atoms with Crippen LogP contribution in [0.25, 0.3) is 0 Å². The van der Waals surface area contributed by atoms with Crippen LogP contribution >= 0.6 is 15.9 Å². The van der Waals surface area contributed by atoms with Crippen LogP contribution in [-0.2, 0) is 0 Å². The highest BCUT2D eigenvalue weighted by atomic mass is 79.9. The van der Waals surface area contributed by atoms with Crippen molar-refractivity contribution in [2.45, 2.75) is 0 Å². The highest BCUT2D eigenvalue weighted by Gasteiger charge is 1.99. The number of aliphatic hydroxyl groups is 1. The van der Waals surface area contributed by atoms with Gasteiger partial charge in [-0.2, -0.15) is 0 Å². The van der Waals surface area contributed by atoms with Gasteiger partial charge < -0.3 is 9.84 Å². The summed E-state index contributed by atoms with van der Waals surface area (Å²) in [4.78, 5) is 7.58. The van der Waals surface area contributed by atoms with E-state index in [9.17, 15) is 0 Å². The second-order valence-electron chi connectivity index (χ2n) is 1.75. The smallest absolute Gasteiger partial charge is 0.231 e. The maximum absolute atomic E-state index is 8.43. The van der Waals surface area contributed by atoms with E-state index in [1.54, 1.807) is 6.20 Å². The molecule has 4 nitrogen and oxygen atoms in total. The molecule has 0 atom stereocenters. The maximum atomic E-state index is 8.43. The lowest BCUT2D eigenvalue weighted by atomic mass is 10.6. The topological polar surface area (TPSA) is 55.2 Å². The van der Waals surface area contributed by atoms with Gasteiger partial charge in [-0.15, -0.1) is 0 Å². The fourth-order valence-corrected chi connectivity index (χ4v) is 0.885. The SMILES string of the molecule is OCCOc1ncncc1Br. The van der Waals surface area contributed by atoms with Crippen molar-refractivity contribution in [3.63, 3.8) is 0 Å². The molecule has 1 rings (SSSR count). The van der Waals surface area contributed by atoms with E-state index in [1.807, 2.05) is 0 Å². The predicted molar refractivity (Wildman–Crippen MR) is 42.3 cm³/mol. The van der Waals surface area contributed by atoms with Crippen LogP contribution in [0.3, 0.4) is 0 Å². The molecule has 0 fully saturated rings. The number of halogens is 1. The van der Waals surface area contributed by atoms with Crippen molar-refractivity contribution in [2.75, 3.05) is 13.2 Å². The second-order valence-corrected chi connectivity index (χ2v) is 2.60. The van der Waals surface area contributed by atoms with Crippen molar-refractivity contribution in [1.82, 2.24) is 9.97 Å². The highest BCUT2D eigenvalue weighted by Crippen LogP contribution is 2.18. The standard InChI is InChI=1S/C6H7BrN2O2/c7-5-3-8-4-9-6(5)11-2-1-10/h3-4,10H,1-2H2. The first-order chi connectivity index (χ1) is 5.34. The van der Waals surface area contributed by atoms with Crippen LogP contribution in [0.15, 0.2) is 17.0 Å². The first kappa shape index (κ1) is 8.42. The Morgan fingerprint density at radius 3 is 3.09 bits per heavy atom. The predicted octanol–water partition coefficient (Wildman–Crippen LogP) is 0.610. The summed E-state index contributed by atoms with van der Waals surface area (Å²) in [6, 6.07) is 0. The Labute approximate surface area is 72.4 Å². The van der Waals surface area contributed by atoms with E-state index in [-0.39, 0.29) is 13.2 Å². The molecule has 0 aliphatic heterocycles. The monoisotopic (exact) mass is 218 g/mol. The molecule has 0 unspecified atom stereocenters. The Kier molecular flexibility index (Phi) is 3.25. The number of rotatable bonds is 3. The van der Waals surface area contributed by atoms with Gasteiger partial charge in [0.15, 0.2) is 0 Å². The van der Waals surface area contributed by atoms with Crippen LogP contribution in [-0.4, -0.2) is 28.3 Å². The van der Waals surface area contributed by atoms with E-state index in [2.05, 4.69) is 25.9 Å². The van der Waals surface area contributed by atoms with Crippen molar-refractivity contribution < 1.29 is 9.84 Å². The lowest BCUT2D eigenvalue weighted by Gasteiger charge is -2.02. The molecule has 0 bridgehead atoms. The number of ether oxygens (including phenoxy) is 1. The van der Waals surface area contributed by atoms with E-state index < -0.39 is 0 Å². The maximum Gasteiger partial charge on any atom is 0.231 e. The highest BCUT2D eigenvalue weighted by molar-refractivity contribution is 9.10. The van der Waals surface area contributed by atoms with Gasteiger partial charge in [0.2, 0.25) is 5.88 Å². The summed E-state index contributed by atoms with van der Waals surface area (Å²) < 4.78 is 5.73. The van der Waals surface area contributed by atoms with E-state index in [0.717, 1.165) is 0 Å². The zero-order valence-electron chi connectivity index (χ0n) is 5.70. The van der Waals surface area contributed by atoms with Gasteiger partial charge in [0.05, 0.1) is 11.1 Å². The molecule has 1 heterocycles.